The summed E-state index contributed by atoms with van der Waals surface area (Å²) in [6.45, 7) is 4.76. The quantitative estimate of drug-likeness (QED) is 0.871. The van der Waals surface area contributed by atoms with Gasteiger partial charge in [-0.2, -0.15) is 0 Å². The van der Waals surface area contributed by atoms with Gasteiger partial charge in [0.1, 0.15) is 5.69 Å². The number of nitrogens with zero attached hydrogens (tertiary/aromatic N) is 3. The number of piperidine rings is 1. The zero-order valence-electron chi connectivity index (χ0n) is 14.5. The molecule has 0 bridgehead atoms. The number of carbonyl (C=O) groups is 1. The van der Waals surface area contributed by atoms with Crippen LogP contribution in [-0.2, 0) is 6.42 Å². The van der Waals surface area contributed by atoms with Crippen LogP contribution in [0.25, 0.3) is 0 Å². The monoisotopic (exact) mass is 340 g/mol. The number of hydrogen-bond donors (Lipinski definition) is 2. The third kappa shape index (κ3) is 5.08. The van der Waals surface area contributed by atoms with E-state index in [1.165, 1.54) is 11.8 Å². The highest BCUT2D eigenvalue weighted by atomic mass is 16.3. The van der Waals surface area contributed by atoms with Crippen molar-refractivity contribution in [2.75, 3.05) is 25.0 Å². The molecule has 0 atom stereocenters. The van der Waals surface area contributed by atoms with E-state index in [1.807, 2.05) is 31.2 Å². The molecule has 1 aliphatic heterocycles. The second-order valence-electron chi connectivity index (χ2n) is 6.52. The molecule has 1 fully saturated rings. The molecule has 1 saturated heterocycles. The summed E-state index contributed by atoms with van der Waals surface area (Å²) in [5, 5.41) is 12.4. The van der Waals surface area contributed by atoms with Crippen molar-refractivity contribution in [2.45, 2.75) is 32.3 Å². The van der Waals surface area contributed by atoms with Gasteiger partial charge in [0.15, 0.2) is 0 Å². The predicted molar refractivity (Wildman–Crippen MR) is 96.5 cm³/mol. The number of rotatable bonds is 5. The van der Waals surface area contributed by atoms with E-state index < -0.39 is 0 Å². The number of amides is 1. The van der Waals surface area contributed by atoms with Gasteiger partial charge in [-0.05, 0) is 43.9 Å². The third-order valence-corrected chi connectivity index (χ3v) is 4.50. The number of carbonyl (C=O) groups excluding carboxylic acids is 1. The van der Waals surface area contributed by atoms with Crippen molar-refractivity contribution in [1.29, 1.82) is 0 Å². The molecule has 2 aromatic rings. The third-order valence-electron chi connectivity index (χ3n) is 4.50. The molecule has 0 radical (unpaired) electrons. The molecule has 6 nitrogen and oxygen atoms in total. The number of aromatic nitrogens is 2. The minimum atomic E-state index is -0.257. The lowest BCUT2D eigenvalue weighted by atomic mass is 10.1. The Kier molecular flexibility index (Phi) is 5.73. The number of aryl methyl sites for hydroxylation is 1. The molecule has 1 aliphatic rings. The summed E-state index contributed by atoms with van der Waals surface area (Å²) in [5.41, 5.74) is 3.07. The molecule has 0 spiro atoms. The average molecular weight is 340 g/mol. The molecule has 132 valence electrons. The first-order valence-corrected chi connectivity index (χ1v) is 8.69. The van der Waals surface area contributed by atoms with Crippen LogP contribution < -0.4 is 5.32 Å². The van der Waals surface area contributed by atoms with Crippen LogP contribution in [0, 0.1) is 6.92 Å². The van der Waals surface area contributed by atoms with Gasteiger partial charge in [-0.1, -0.05) is 12.1 Å². The fourth-order valence-electron chi connectivity index (χ4n) is 2.89. The Morgan fingerprint density at radius 1 is 1.20 bits per heavy atom. The maximum atomic E-state index is 12.1. The average Bonchev–Trinajstić information content (AvgIpc) is 2.63. The van der Waals surface area contributed by atoms with Gasteiger partial charge in [-0.3, -0.25) is 9.78 Å². The van der Waals surface area contributed by atoms with Crippen molar-refractivity contribution < 1.29 is 9.90 Å². The zero-order chi connectivity index (χ0) is 17.6. The van der Waals surface area contributed by atoms with E-state index in [9.17, 15) is 9.90 Å². The molecule has 2 N–H and O–H groups in total. The van der Waals surface area contributed by atoms with Crippen molar-refractivity contribution in [2.24, 2.45) is 0 Å². The molecular formula is C19H24N4O2. The van der Waals surface area contributed by atoms with Gasteiger partial charge in [-0.15, -0.1) is 0 Å². The predicted octanol–water partition coefficient (Wildman–Crippen LogP) is 2.04. The first-order valence-electron chi connectivity index (χ1n) is 8.69. The van der Waals surface area contributed by atoms with Gasteiger partial charge in [0, 0.05) is 31.5 Å². The maximum absolute atomic E-state index is 12.1. The highest BCUT2D eigenvalue weighted by Gasteiger charge is 2.16. The van der Waals surface area contributed by atoms with Gasteiger partial charge in [-0.25, -0.2) is 4.98 Å². The largest absolute Gasteiger partial charge is 0.393 e. The summed E-state index contributed by atoms with van der Waals surface area (Å²) in [5.74, 6) is -0.257. The van der Waals surface area contributed by atoms with Crippen molar-refractivity contribution in [1.82, 2.24) is 14.9 Å². The molecule has 3 rings (SSSR count). The van der Waals surface area contributed by atoms with E-state index in [1.54, 1.807) is 6.20 Å². The highest BCUT2D eigenvalue weighted by molar-refractivity contribution is 6.02. The second kappa shape index (κ2) is 8.18. The molecule has 0 unspecified atom stereocenters. The van der Waals surface area contributed by atoms with Crippen LogP contribution in [0.1, 0.15) is 34.6 Å². The fraction of sp³-hybridized carbons (Fsp3) is 0.421. The van der Waals surface area contributed by atoms with Crippen LogP contribution in [0.4, 0.5) is 5.69 Å². The zero-order valence-corrected chi connectivity index (χ0v) is 14.5. The number of anilines is 1. The van der Waals surface area contributed by atoms with Crippen molar-refractivity contribution in [3.8, 4) is 0 Å². The Labute approximate surface area is 147 Å². The maximum Gasteiger partial charge on any atom is 0.275 e. The number of aliphatic hydroxyl groups excluding tert-OH is 1. The van der Waals surface area contributed by atoms with Gasteiger partial charge in [0.2, 0.25) is 0 Å². The summed E-state index contributed by atoms with van der Waals surface area (Å²) in [4.78, 5) is 22.7. The van der Waals surface area contributed by atoms with Gasteiger partial charge < -0.3 is 15.3 Å². The first-order chi connectivity index (χ1) is 12.1. The van der Waals surface area contributed by atoms with Crippen LogP contribution >= 0.6 is 0 Å². The molecule has 25 heavy (non-hydrogen) atoms. The van der Waals surface area contributed by atoms with Gasteiger partial charge in [0.05, 0.1) is 18.0 Å². The van der Waals surface area contributed by atoms with E-state index >= 15 is 0 Å². The van der Waals surface area contributed by atoms with E-state index in [2.05, 4.69) is 20.2 Å². The van der Waals surface area contributed by atoms with Crippen molar-refractivity contribution in [3.05, 3.63) is 53.6 Å². The molecule has 1 aromatic heterocycles. The van der Waals surface area contributed by atoms with Crippen LogP contribution in [0.3, 0.4) is 0 Å². The molecular weight excluding hydrogens is 316 g/mol. The molecule has 2 heterocycles. The van der Waals surface area contributed by atoms with E-state index in [0.29, 0.717) is 5.69 Å². The summed E-state index contributed by atoms with van der Waals surface area (Å²) in [6.07, 6.45) is 5.64. The molecule has 1 amide bonds. The normalized spacial score (nSPS) is 15.9. The molecule has 0 saturated carbocycles. The Morgan fingerprint density at radius 2 is 1.92 bits per heavy atom. The minimum absolute atomic E-state index is 0.127. The summed E-state index contributed by atoms with van der Waals surface area (Å²) in [6, 6.07) is 7.90. The van der Waals surface area contributed by atoms with Crippen LogP contribution in [0.5, 0.6) is 0 Å². The second-order valence-corrected chi connectivity index (χ2v) is 6.52. The highest BCUT2D eigenvalue weighted by Crippen LogP contribution is 2.14. The number of hydrogen-bond acceptors (Lipinski definition) is 5. The lowest BCUT2D eigenvalue weighted by molar-refractivity contribution is 0.0832. The van der Waals surface area contributed by atoms with E-state index in [4.69, 9.17) is 0 Å². The number of likely N-dealkylation sites (tertiary alicyclic amines) is 1. The minimum Gasteiger partial charge on any atom is -0.393 e. The number of nitrogens with one attached hydrogen (secondary N) is 1. The summed E-state index contributed by atoms with van der Waals surface area (Å²) >= 11 is 0. The van der Waals surface area contributed by atoms with Crippen LogP contribution in [0.2, 0.25) is 0 Å². The molecule has 0 aliphatic carbocycles. The Balaban J connectivity index is 1.50. The van der Waals surface area contributed by atoms with E-state index in [0.717, 1.165) is 50.3 Å². The van der Waals surface area contributed by atoms with Gasteiger partial charge >= 0.3 is 0 Å². The summed E-state index contributed by atoms with van der Waals surface area (Å²) in [7, 11) is 0. The molecule has 1 aromatic carbocycles. The lowest BCUT2D eigenvalue weighted by Gasteiger charge is -2.29. The van der Waals surface area contributed by atoms with Crippen LogP contribution in [0.15, 0.2) is 36.7 Å². The first kappa shape index (κ1) is 17.5. The molecule has 6 heteroatoms. The number of benzene rings is 1. The fourth-order valence-corrected chi connectivity index (χ4v) is 2.89. The standard InChI is InChI=1S/C19H24N4O2/c1-14-12-21-18(13-20-14)19(25)22-16-4-2-15(3-5-16)6-9-23-10-7-17(24)8-11-23/h2-5,12-13,17,24H,6-11H2,1H3,(H,22,25). The van der Waals surface area contributed by atoms with Gasteiger partial charge in [0.25, 0.3) is 5.91 Å². The van der Waals surface area contributed by atoms with E-state index in [-0.39, 0.29) is 12.0 Å². The SMILES string of the molecule is Cc1cnc(C(=O)Nc2ccc(CCN3CCC(O)CC3)cc2)cn1. The lowest BCUT2D eigenvalue weighted by Crippen LogP contribution is -2.37. The number of aliphatic hydroxyl groups is 1. The van der Waals surface area contributed by atoms with Crippen molar-refractivity contribution >= 4 is 11.6 Å². The summed E-state index contributed by atoms with van der Waals surface area (Å²) < 4.78 is 0. The Bertz CT molecular complexity index is 692. The topological polar surface area (TPSA) is 78.4 Å². The Hall–Kier alpha value is -2.31. The Morgan fingerprint density at radius 3 is 2.56 bits per heavy atom. The van der Waals surface area contributed by atoms with Crippen molar-refractivity contribution in [3.63, 3.8) is 0 Å². The smallest absolute Gasteiger partial charge is 0.275 e. The van der Waals surface area contributed by atoms with Crippen LogP contribution in [-0.4, -0.2) is 51.6 Å².